The summed E-state index contributed by atoms with van der Waals surface area (Å²) < 4.78 is 18.1. The van der Waals surface area contributed by atoms with E-state index in [0.717, 1.165) is 60.5 Å². The molecule has 1 heterocycles. The summed E-state index contributed by atoms with van der Waals surface area (Å²) in [7, 11) is 1.64. The molecular formula is C35H52O4. The molecule has 4 aliphatic carbocycles. The molecule has 1 aliphatic heterocycles. The Bertz CT molecular complexity index is 1050. The summed E-state index contributed by atoms with van der Waals surface area (Å²) in [5.41, 5.74) is 1.24. The van der Waals surface area contributed by atoms with E-state index < -0.39 is 0 Å². The molecular weight excluding hydrogens is 484 g/mol. The van der Waals surface area contributed by atoms with Gasteiger partial charge in [-0.15, -0.1) is 0 Å². The van der Waals surface area contributed by atoms with E-state index in [1.807, 2.05) is 12.1 Å². The van der Waals surface area contributed by atoms with Crippen molar-refractivity contribution in [2.24, 2.45) is 46.3 Å². The third-order valence-corrected chi connectivity index (χ3v) is 12.8. The van der Waals surface area contributed by atoms with Crippen LogP contribution in [0.1, 0.15) is 116 Å². The molecule has 1 aromatic rings. The summed E-state index contributed by atoms with van der Waals surface area (Å²) >= 11 is 0. The van der Waals surface area contributed by atoms with Crippen molar-refractivity contribution in [2.45, 2.75) is 123 Å². The van der Waals surface area contributed by atoms with E-state index in [1.165, 1.54) is 51.4 Å². The van der Waals surface area contributed by atoms with Crippen LogP contribution in [0.25, 0.3) is 0 Å². The first kappa shape index (κ1) is 27.6. The van der Waals surface area contributed by atoms with E-state index in [-0.39, 0.29) is 23.1 Å². The van der Waals surface area contributed by atoms with Gasteiger partial charge in [0.25, 0.3) is 0 Å². The summed E-state index contributed by atoms with van der Waals surface area (Å²) in [6.07, 6.45) is 14.3. The normalized spacial score (nSPS) is 43.1. The molecule has 6 rings (SSSR count). The summed E-state index contributed by atoms with van der Waals surface area (Å²) in [6.45, 7) is 12.5. The molecule has 0 bridgehead atoms. The molecule has 4 heteroatoms. The highest BCUT2D eigenvalue weighted by Crippen LogP contribution is 2.74. The van der Waals surface area contributed by atoms with E-state index in [0.29, 0.717) is 17.1 Å². The zero-order valence-electron chi connectivity index (χ0n) is 25.3. The zero-order valence-corrected chi connectivity index (χ0v) is 25.3. The topological polar surface area (TPSA) is 48.1 Å². The number of rotatable bonds is 8. The van der Waals surface area contributed by atoms with Gasteiger partial charge in [-0.05, 0) is 110 Å². The van der Waals surface area contributed by atoms with Crippen molar-refractivity contribution in [3.05, 3.63) is 29.8 Å². The molecule has 5 aliphatic rings. The maximum Gasteiger partial charge on any atom is 0.338 e. The molecule has 4 saturated carbocycles. The van der Waals surface area contributed by atoms with Crippen molar-refractivity contribution in [2.75, 3.05) is 7.11 Å². The number of carbonyl (C=O) groups excluding carboxylic acids is 1. The van der Waals surface area contributed by atoms with Crippen LogP contribution < -0.4 is 4.74 Å². The fourth-order valence-electron chi connectivity index (χ4n) is 10.7. The number of esters is 1. The van der Waals surface area contributed by atoms with Crippen LogP contribution in [0.2, 0.25) is 0 Å². The third-order valence-electron chi connectivity index (χ3n) is 12.8. The van der Waals surface area contributed by atoms with Crippen LogP contribution in [0.15, 0.2) is 24.3 Å². The summed E-state index contributed by atoms with van der Waals surface area (Å²) in [6, 6.07) is 7.25. The highest BCUT2D eigenvalue weighted by molar-refractivity contribution is 5.89. The number of methoxy groups -OCH3 is 1. The lowest BCUT2D eigenvalue weighted by molar-refractivity contribution is -0.118. The quantitative estimate of drug-likeness (QED) is 0.247. The van der Waals surface area contributed by atoms with Gasteiger partial charge in [0, 0.05) is 11.8 Å². The highest BCUT2D eigenvalue weighted by Gasteiger charge is 2.76. The molecule has 0 amide bonds. The van der Waals surface area contributed by atoms with Crippen molar-refractivity contribution < 1.29 is 19.0 Å². The molecule has 5 fully saturated rings. The molecule has 0 unspecified atom stereocenters. The minimum absolute atomic E-state index is 0.0503. The van der Waals surface area contributed by atoms with Gasteiger partial charge < -0.3 is 14.2 Å². The van der Waals surface area contributed by atoms with Gasteiger partial charge in [-0.1, -0.05) is 53.9 Å². The Morgan fingerprint density at radius 2 is 1.77 bits per heavy atom. The van der Waals surface area contributed by atoms with Crippen LogP contribution >= 0.6 is 0 Å². The average Bonchev–Trinajstić information content (AvgIpc) is 3.49. The summed E-state index contributed by atoms with van der Waals surface area (Å²) in [5, 5.41) is 0. The number of benzene rings is 1. The molecule has 39 heavy (non-hydrogen) atoms. The van der Waals surface area contributed by atoms with Crippen molar-refractivity contribution >= 4 is 5.97 Å². The first-order chi connectivity index (χ1) is 18.6. The predicted molar refractivity (Wildman–Crippen MR) is 155 cm³/mol. The molecule has 10 atom stereocenters. The van der Waals surface area contributed by atoms with Gasteiger partial charge in [0.1, 0.15) is 17.5 Å². The molecule has 1 saturated heterocycles. The van der Waals surface area contributed by atoms with Crippen LogP contribution in [0.3, 0.4) is 0 Å². The lowest BCUT2D eigenvalue weighted by Crippen LogP contribution is -2.59. The van der Waals surface area contributed by atoms with Crippen molar-refractivity contribution in [1.29, 1.82) is 0 Å². The van der Waals surface area contributed by atoms with Crippen LogP contribution in [0.5, 0.6) is 5.75 Å². The monoisotopic (exact) mass is 536 g/mol. The molecule has 4 nitrogen and oxygen atoms in total. The average molecular weight is 537 g/mol. The van der Waals surface area contributed by atoms with E-state index in [1.54, 1.807) is 19.2 Å². The lowest BCUT2D eigenvalue weighted by Gasteiger charge is -2.59. The molecule has 1 aromatic carbocycles. The number of carbonyl (C=O) groups is 1. The standard InChI is InChI=1S/C35H52O4/c1-22(2)8-7-9-23(3)28-14-15-29-27-20-31-35(39-31)21-26(38-32(36)24-10-12-25(37-6)13-11-24)16-19-34(35,5)30(27)17-18-33(28,29)4/h10-13,22-23,26-31H,7-9,14-21H2,1-6H3/t23-,26-,27+,28-,29+,30+,31-,33+,34+,35-/m0/s1. The van der Waals surface area contributed by atoms with E-state index >= 15 is 0 Å². The Morgan fingerprint density at radius 3 is 2.49 bits per heavy atom. The third kappa shape index (κ3) is 4.46. The zero-order chi connectivity index (χ0) is 27.6. The lowest BCUT2D eigenvalue weighted by atomic mass is 9.44. The number of fused-ring (bicyclic) bond motifs is 4. The minimum Gasteiger partial charge on any atom is -0.497 e. The maximum absolute atomic E-state index is 12.9. The Labute approximate surface area is 236 Å². The second-order valence-corrected chi connectivity index (χ2v) is 15.1. The van der Waals surface area contributed by atoms with Gasteiger partial charge in [-0.3, -0.25) is 0 Å². The maximum atomic E-state index is 12.9. The fraction of sp³-hybridized carbons (Fsp3) is 0.800. The Hall–Kier alpha value is -1.55. The van der Waals surface area contributed by atoms with E-state index in [9.17, 15) is 4.79 Å². The summed E-state index contributed by atoms with van der Waals surface area (Å²) in [5.74, 6) is 5.51. The fourth-order valence-corrected chi connectivity index (χ4v) is 10.7. The van der Waals surface area contributed by atoms with Crippen LogP contribution in [-0.2, 0) is 9.47 Å². The van der Waals surface area contributed by atoms with Gasteiger partial charge in [0.2, 0.25) is 0 Å². The van der Waals surface area contributed by atoms with Gasteiger partial charge >= 0.3 is 5.97 Å². The number of epoxide rings is 1. The Kier molecular flexibility index (Phi) is 7.13. The van der Waals surface area contributed by atoms with E-state index in [2.05, 4.69) is 34.6 Å². The second kappa shape index (κ2) is 10.1. The predicted octanol–water partition coefficient (Wildman–Crippen LogP) is 8.47. The minimum atomic E-state index is -0.221. The first-order valence-electron chi connectivity index (χ1n) is 16.1. The van der Waals surface area contributed by atoms with Gasteiger partial charge in [0.05, 0.1) is 18.8 Å². The SMILES string of the molecule is COc1ccc(C(=O)O[C@H]2CC[C@]3(C)[C@@H]4CC[C@@]5(C)[C@H](CC[C@H]5[C@@H](C)CCCC(C)C)[C@H]4C[C@@H]4O[C@@]43C2)cc1. The molecule has 216 valence electrons. The van der Waals surface area contributed by atoms with E-state index in [4.69, 9.17) is 14.2 Å². The molecule has 1 spiro atoms. The summed E-state index contributed by atoms with van der Waals surface area (Å²) in [4.78, 5) is 12.9. The van der Waals surface area contributed by atoms with Gasteiger partial charge in [0.15, 0.2) is 0 Å². The van der Waals surface area contributed by atoms with Crippen LogP contribution in [0.4, 0.5) is 0 Å². The Balaban J connectivity index is 1.12. The molecule has 0 radical (unpaired) electrons. The van der Waals surface area contributed by atoms with Crippen molar-refractivity contribution in [3.63, 3.8) is 0 Å². The first-order valence-corrected chi connectivity index (χ1v) is 16.1. The smallest absolute Gasteiger partial charge is 0.338 e. The number of hydrogen-bond donors (Lipinski definition) is 0. The largest absolute Gasteiger partial charge is 0.497 e. The highest BCUT2D eigenvalue weighted by atomic mass is 16.6. The number of ether oxygens (including phenoxy) is 3. The van der Waals surface area contributed by atoms with Crippen molar-refractivity contribution in [3.8, 4) is 5.75 Å². The van der Waals surface area contributed by atoms with Crippen molar-refractivity contribution in [1.82, 2.24) is 0 Å². The molecule has 0 N–H and O–H groups in total. The number of hydrogen-bond acceptors (Lipinski definition) is 4. The van der Waals surface area contributed by atoms with Crippen LogP contribution in [-0.4, -0.2) is 30.9 Å². The van der Waals surface area contributed by atoms with Crippen LogP contribution in [0, 0.1) is 46.3 Å². The van der Waals surface area contributed by atoms with Gasteiger partial charge in [-0.2, -0.15) is 0 Å². The van der Waals surface area contributed by atoms with Gasteiger partial charge in [-0.25, -0.2) is 4.79 Å². The Morgan fingerprint density at radius 1 is 1.00 bits per heavy atom. The second-order valence-electron chi connectivity index (χ2n) is 15.1. The molecule has 0 aromatic heterocycles.